The first-order chi connectivity index (χ1) is 8.24. The summed E-state index contributed by atoms with van der Waals surface area (Å²) in [5.74, 6) is 0. The van der Waals surface area contributed by atoms with E-state index in [1.54, 1.807) is 20.8 Å². The molecule has 1 fully saturated rings. The molecule has 1 rings (SSSR count). The molecule has 2 unspecified atom stereocenters. The van der Waals surface area contributed by atoms with Gasteiger partial charge in [0, 0.05) is 13.1 Å². The molecule has 0 saturated carbocycles. The van der Waals surface area contributed by atoms with E-state index in [-0.39, 0.29) is 6.54 Å². The van der Waals surface area contributed by atoms with Crippen LogP contribution in [0.15, 0.2) is 0 Å². The summed E-state index contributed by atoms with van der Waals surface area (Å²) in [6, 6.07) is 2.17. The molecule has 0 aromatic heterocycles. The van der Waals surface area contributed by atoms with Crippen LogP contribution in [-0.4, -0.2) is 40.9 Å². The quantitative estimate of drug-likeness (QED) is 0.775. The molecule has 1 N–H and O–H groups in total. The summed E-state index contributed by atoms with van der Waals surface area (Å²) in [5.41, 5.74) is -1.41. The molecule has 5 nitrogen and oxygen atoms in total. The Hall–Kier alpha value is -1.28. The van der Waals surface area contributed by atoms with Gasteiger partial charge < -0.3 is 14.7 Å². The highest BCUT2D eigenvalue weighted by atomic mass is 16.6. The molecule has 18 heavy (non-hydrogen) atoms. The normalized spacial score (nSPS) is 28.7. The largest absolute Gasteiger partial charge is 0.444 e. The lowest BCUT2D eigenvalue weighted by molar-refractivity contribution is -0.0313. The molecule has 0 aromatic carbocycles. The molecular weight excluding hydrogens is 232 g/mol. The summed E-state index contributed by atoms with van der Waals surface area (Å²) in [4.78, 5) is 13.5. The number of hydrogen-bond donors (Lipinski definition) is 1. The van der Waals surface area contributed by atoms with Crippen LogP contribution in [0.5, 0.6) is 0 Å². The van der Waals surface area contributed by atoms with Crippen LogP contribution in [0.4, 0.5) is 4.79 Å². The lowest BCUT2D eigenvalue weighted by atomic mass is 9.76. The van der Waals surface area contributed by atoms with Crippen molar-refractivity contribution in [3.05, 3.63) is 0 Å². The zero-order valence-electron chi connectivity index (χ0n) is 11.6. The Morgan fingerprint density at radius 2 is 2.22 bits per heavy atom. The van der Waals surface area contributed by atoms with Gasteiger partial charge in [-0.15, -0.1) is 0 Å². The molecule has 0 radical (unpaired) electrons. The van der Waals surface area contributed by atoms with Gasteiger partial charge in [-0.1, -0.05) is 6.92 Å². The molecule has 2 atom stereocenters. The van der Waals surface area contributed by atoms with Crippen molar-refractivity contribution in [1.82, 2.24) is 4.90 Å². The van der Waals surface area contributed by atoms with Gasteiger partial charge in [0.2, 0.25) is 0 Å². The minimum absolute atomic E-state index is 0.232. The van der Waals surface area contributed by atoms with Gasteiger partial charge in [0.25, 0.3) is 0 Å². The zero-order chi connectivity index (χ0) is 14.0. The summed E-state index contributed by atoms with van der Waals surface area (Å²) in [7, 11) is 0. The van der Waals surface area contributed by atoms with Crippen LogP contribution in [0.3, 0.4) is 0 Å². The predicted molar refractivity (Wildman–Crippen MR) is 66.8 cm³/mol. The summed E-state index contributed by atoms with van der Waals surface area (Å²) in [6.07, 6.45) is -0.154. The molecule has 1 saturated heterocycles. The second-order valence-electron chi connectivity index (χ2n) is 5.83. The molecule has 1 heterocycles. The van der Waals surface area contributed by atoms with Crippen LogP contribution < -0.4 is 0 Å². The van der Waals surface area contributed by atoms with Gasteiger partial charge in [-0.2, -0.15) is 5.26 Å². The number of carbonyl (C=O) groups is 1. The number of piperidine rings is 1. The van der Waals surface area contributed by atoms with Gasteiger partial charge in [0.05, 0.1) is 12.2 Å². The Morgan fingerprint density at radius 3 is 2.67 bits per heavy atom. The second-order valence-corrected chi connectivity index (χ2v) is 5.83. The number of carbonyl (C=O) groups excluding carboxylic acids is 1. The molecule has 0 spiro atoms. The number of aliphatic hydroxyl groups is 1. The molecule has 0 bridgehead atoms. The third-order valence-corrected chi connectivity index (χ3v) is 3.29. The standard InChI is InChI=1S/C13H22N2O3/c1-5-13(8-14)9-15(7-6-10(13)16)11(17)18-12(2,3)4/h10,16H,5-7,9H2,1-4H3. The fraction of sp³-hybridized carbons (Fsp3) is 0.846. The van der Waals surface area contributed by atoms with Crippen LogP contribution in [0.1, 0.15) is 40.5 Å². The number of nitrogens with zero attached hydrogens (tertiary/aromatic N) is 2. The van der Waals surface area contributed by atoms with Crippen molar-refractivity contribution in [1.29, 1.82) is 5.26 Å². The van der Waals surface area contributed by atoms with E-state index in [1.807, 2.05) is 6.92 Å². The fourth-order valence-corrected chi connectivity index (χ4v) is 2.10. The van der Waals surface area contributed by atoms with Gasteiger partial charge in [0.1, 0.15) is 11.0 Å². The second kappa shape index (κ2) is 5.15. The molecule has 1 aliphatic rings. The van der Waals surface area contributed by atoms with Crippen molar-refractivity contribution in [2.24, 2.45) is 5.41 Å². The topological polar surface area (TPSA) is 73.6 Å². The molecule has 1 aliphatic heterocycles. The van der Waals surface area contributed by atoms with Gasteiger partial charge in [-0.05, 0) is 33.6 Å². The Bertz CT molecular complexity index is 356. The monoisotopic (exact) mass is 254 g/mol. The van der Waals surface area contributed by atoms with Crippen LogP contribution >= 0.6 is 0 Å². The van der Waals surface area contributed by atoms with E-state index >= 15 is 0 Å². The van der Waals surface area contributed by atoms with E-state index in [0.29, 0.717) is 19.4 Å². The van der Waals surface area contributed by atoms with E-state index in [1.165, 1.54) is 4.90 Å². The van der Waals surface area contributed by atoms with E-state index in [4.69, 9.17) is 4.74 Å². The highest BCUT2D eigenvalue weighted by Crippen LogP contribution is 2.33. The minimum atomic E-state index is -0.866. The molecular formula is C13H22N2O3. The fourth-order valence-electron chi connectivity index (χ4n) is 2.10. The molecule has 1 amide bonds. The number of likely N-dealkylation sites (tertiary alicyclic amines) is 1. The molecule has 0 aliphatic carbocycles. The van der Waals surface area contributed by atoms with Crippen LogP contribution in [-0.2, 0) is 4.74 Å². The smallest absolute Gasteiger partial charge is 0.410 e. The summed E-state index contributed by atoms with van der Waals surface area (Å²) in [5, 5.41) is 19.2. The SMILES string of the molecule is CCC1(C#N)CN(C(=O)OC(C)(C)C)CCC1O. The van der Waals surface area contributed by atoms with Crippen LogP contribution in [0, 0.1) is 16.7 Å². The number of rotatable bonds is 1. The number of hydrogen-bond acceptors (Lipinski definition) is 4. The van der Waals surface area contributed by atoms with Crippen molar-refractivity contribution in [2.75, 3.05) is 13.1 Å². The minimum Gasteiger partial charge on any atom is -0.444 e. The Kier molecular flexibility index (Phi) is 4.23. The average Bonchev–Trinajstić information content (AvgIpc) is 2.28. The lowest BCUT2D eigenvalue weighted by Gasteiger charge is -2.41. The van der Waals surface area contributed by atoms with Crippen molar-refractivity contribution >= 4 is 6.09 Å². The number of ether oxygens (including phenoxy) is 1. The molecule has 0 aromatic rings. The first kappa shape index (κ1) is 14.8. The van der Waals surface area contributed by atoms with Gasteiger partial charge in [0.15, 0.2) is 0 Å². The van der Waals surface area contributed by atoms with E-state index in [0.717, 1.165) is 0 Å². The summed E-state index contributed by atoms with van der Waals surface area (Å²) in [6.45, 7) is 7.93. The van der Waals surface area contributed by atoms with Crippen molar-refractivity contribution < 1.29 is 14.6 Å². The average molecular weight is 254 g/mol. The number of aliphatic hydroxyl groups excluding tert-OH is 1. The van der Waals surface area contributed by atoms with E-state index in [9.17, 15) is 15.2 Å². The number of amides is 1. The molecule has 102 valence electrons. The van der Waals surface area contributed by atoms with E-state index in [2.05, 4.69) is 6.07 Å². The Morgan fingerprint density at radius 1 is 1.61 bits per heavy atom. The molecule has 5 heteroatoms. The van der Waals surface area contributed by atoms with Gasteiger partial charge in [-0.25, -0.2) is 4.79 Å². The lowest BCUT2D eigenvalue weighted by Crippen LogP contribution is -2.53. The highest BCUT2D eigenvalue weighted by Gasteiger charge is 2.44. The Balaban J connectivity index is 2.77. The predicted octanol–water partition coefficient (Wildman–Crippen LogP) is 1.91. The maximum absolute atomic E-state index is 12.0. The highest BCUT2D eigenvalue weighted by molar-refractivity contribution is 5.68. The third-order valence-electron chi connectivity index (χ3n) is 3.29. The maximum Gasteiger partial charge on any atom is 0.410 e. The van der Waals surface area contributed by atoms with Crippen molar-refractivity contribution in [2.45, 2.75) is 52.2 Å². The maximum atomic E-state index is 12.0. The van der Waals surface area contributed by atoms with Crippen LogP contribution in [0.2, 0.25) is 0 Å². The van der Waals surface area contributed by atoms with Crippen molar-refractivity contribution in [3.63, 3.8) is 0 Å². The van der Waals surface area contributed by atoms with E-state index < -0.39 is 23.2 Å². The third kappa shape index (κ3) is 3.14. The summed E-state index contributed by atoms with van der Waals surface area (Å²) >= 11 is 0. The first-order valence-electron chi connectivity index (χ1n) is 6.31. The summed E-state index contributed by atoms with van der Waals surface area (Å²) < 4.78 is 5.29. The number of nitriles is 1. The first-order valence-corrected chi connectivity index (χ1v) is 6.31. The Labute approximate surface area is 108 Å². The van der Waals surface area contributed by atoms with Crippen molar-refractivity contribution in [3.8, 4) is 6.07 Å². The zero-order valence-corrected chi connectivity index (χ0v) is 11.6. The van der Waals surface area contributed by atoms with Gasteiger partial charge >= 0.3 is 6.09 Å². The van der Waals surface area contributed by atoms with Crippen LogP contribution in [0.25, 0.3) is 0 Å². The van der Waals surface area contributed by atoms with Gasteiger partial charge in [-0.3, -0.25) is 0 Å².